The number of alkyl halides is 4. The minimum Gasteiger partial charge on any atom is -0.367 e. The summed E-state index contributed by atoms with van der Waals surface area (Å²) in [5.41, 5.74) is 0.429. The first-order valence-corrected chi connectivity index (χ1v) is 9.21. The number of nitrogens with zero attached hydrogens (tertiary/aromatic N) is 3. The Bertz CT molecular complexity index is 827. The Morgan fingerprint density at radius 1 is 1.32 bits per heavy atom. The normalized spacial score (nSPS) is 17.1. The van der Waals surface area contributed by atoms with Gasteiger partial charge in [0.25, 0.3) is 6.43 Å². The summed E-state index contributed by atoms with van der Waals surface area (Å²) >= 11 is 0. The van der Waals surface area contributed by atoms with Gasteiger partial charge in [0.2, 0.25) is 5.92 Å². The first-order valence-electron chi connectivity index (χ1n) is 9.21. The third kappa shape index (κ3) is 5.30. The first kappa shape index (κ1) is 20.3. The van der Waals surface area contributed by atoms with Crippen LogP contribution in [0.4, 0.5) is 23.4 Å². The van der Waals surface area contributed by atoms with Crippen molar-refractivity contribution >= 4 is 11.6 Å². The minimum atomic E-state index is -2.69. The number of pyridine rings is 1. The summed E-state index contributed by atoms with van der Waals surface area (Å²) in [6.45, 7) is 1.49. The lowest BCUT2D eigenvalue weighted by Gasteiger charge is -2.29. The highest BCUT2D eigenvalue weighted by Gasteiger charge is 2.35. The average molecular weight is 398 g/mol. The van der Waals surface area contributed by atoms with Gasteiger partial charge in [0.05, 0.1) is 0 Å². The van der Waals surface area contributed by atoms with Gasteiger partial charge < -0.3 is 10.1 Å². The molecule has 2 aromatic rings. The van der Waals surface area contributed by atoms with Crippen LogP contribution in [-0.2, 0) is 11.2 Å². The molecular weight excluding hydrogens is 376 g/mol. The maximum atomic E-state index is 13.4. The Labute approximate surface area is 160 Å². The molecule has 1 fully saturated rings. The molecule has 9 heteroatoms. The number of Topliss-reactive ketones (excluding diaryl/α,β-unsaturated/α-hetero) is 1. The van der Waals surface area contributed by atoms with Crippen molar-refractivity contribution in [1.82, 2.24) is 14.8 Å². The molecule has 1 aliphatic rings. The van der Waals surface area contributed by atoms with Gasteiger partial charge >= 0.3 is 0 Å². The predicted octanol–water partition coefficient (Wildman–Crippen LogP) is 4.72. The average Bonchev–Trinajstić information content (AvgIpc) is 3.12. The number of nitrogens with one attached hydrogen (secondary N) is 1. The van der Waals surface area contributed by atoms with E-state index in [9.17, 15) is 22.4 Å². The minimum absolute atomic E-state index is 0.0291. The van der Waals surface area contributed by atoms with Crippen molar-refractivity contribution in [2.24, 2.45) is 0 Å². The molecule has 0 spiro atoms. The first-order chi connectivity index (χ1) is 13.2. The van der Waals surface area contributed by atoms with Gasteiger partial charge in [-0.1, -0.05) is 0 Å². The van der Waals surface area contributed by atoms with E-state index in [4.69, 9.17) is 0 Å². The zero-order valence-corrected chi connectivity index (χ0v) is 15.5. The standard InChI is InChI=1S/C19H22F4N4O/c1-12(28)2-3-13-10-16(24-14-4-7-19(22,23)8-5-14)25-17(11-13)27-9-6-15(26-27)18(20)21/h6,9-11,14,18H,2-5,7-8H2,1H3,(H,24,25). The smallest absolute Gasteiger partial charge is 0.282 e. The molecule has 1 aliphatic carbocycles. The largest absolute Gasteiger partial charge is 0.367 e. The van der Waals surface area contributed by atoms with E-state index in [0.717, 1.165) is 5.56 Å². The molecule has 0 unspecified atom stereocenters. The van der Waals surface area contributed by atoms with Gasteiger partial charge in [-0.3, -0.25) is 0 Å². The molecular formula is C19H22F4N4O. The number of aromatic nitrogens is 3. The van der Waals surface area contributed by atoms with E-state index in [1.165, 1.54) is 23.9 Å². The van der Waals surface area contributed by atoms with Crippen LogP contribution in [0.2, 0.25) is 0 Å². The number of halogens is 4. The predicted molar refractivity (Wildman–Crippen MR) is 96.1 cm³/mol. The maximum Gasteiger partial charge on any atom is 0.282 e. The van der Waals surface area contributed by atoms with Gasteiger partial charge in [-0.2, -0.15) is 5.10 Å². The van der Waals surface area contributed by atoms with Crippen LogP contribution in [0.1, 0.15) is 56.7 Å². The van der Waals surface area contributed by atoms with Gasteiger partial charge in [0.1, 0.15) is 17.3 Å². The molecule has 0 bridgehead atoms. The van der Waals surface area contributed by atoms with E-state index in [0.29, 0.717) is 37.3 Å². The zero-order chi connectivity index (χ0) is 20.3. The summed E-state index contributed by atoms with van der Waals surface area (Å²) in [6.07, 6.45) is -0.229. The van der Waals surface area contributed by atoms with Gasteiger partial charge in [-0.05, 0) is 49.9 Å². The van der Waals surface area contributed by atoms with Crippen LogP contribution in [0, 0.1) is 0 Å². The fraction of sp³-hybridized carbons (Fsp3) is 0.526. The van der Waals surface area contributed by atoms with Crippen LogP contribution < -0.4 is 5.32 Å². The number of ketones is 1. The van der Waals surface area contributed by atoms with Gasteiger partial charge in [-0.15, -0.1) is 0 Å². The zero-order valence-electron chi connectivity index (χ0n) is 15.5. The second-order valence-corrected chi connectivity index (χ2v) is 7.18. The summed E-state index contributed by atoms with van der Waals surface area (Å²) in [7, 11) is 0. The second kappa shape index (κ2) is 8.28. The van der Waals surface area contributed by atoms with Crippen molar-refractivity contribution in [2.45, 2.75) is 63.8 Å². The van der Waals surface area contributed by atoms with E-state index in [-0.39, 0.29) is 30.4 Å². The van der Waals surface area contributed by atoms with E-state index < -0.39 is 12.3 Å². The van der Waals surface area contributed by atoms with Crippen LogP contribution in [0.15, 0.2) is 24.4 Å². The molecule has 28 heavy (non-hydrogen) atoms. The third-order valence-corrected chi connectivity index (χ3v) is 4.77. The van der Waals surface area contributed by atoms with Crippen LogP contribution in [-0.4, -0.2) is 32.5 Å². The van der Waals surface area contributed by atoms with Crippen LogP contribution in [0.5, 0.6) is 0 Å². The van der Waals surface area contributed by atoms with Gasteiger partial charge in [0.15, 0.2) is 5.82 Å². The van der Waals surface area contributed by atoms with Crippen molar-refractivity contribution in [2.75, 3.05) is 5.32 Å². The Balaban J connectivity index is 1.83. The molecule has 1 saturated carbocycles. The highest BCUT2D eigenvalue weighted by molar-refractivity contribution is 5.75. The van der Waals surface area contributed by atoms with Crippen molar-refractivity contribution in [3.8, 4) is 5.82 Å². The second-order valence-electron chi connectivity index (χ2n) is 7.18. The number of carbonyl (C=O) groups excluding carboxylic acids is 1. The summed E-state index contributed by atoms with van der Waals surface area (Å²) in [5.74, 6) is -1.81. The number of hydrogen-bond acceptors (Lipinski definition) is 4. The van der Waals surface area contributed by atoms with Gasteiger partial charge in [-0.25, -0.2) is 27.2 Å². The fourth-order valence-corrected chi connectivity index (χ4v) is 3.20. The molecule has 2 heterocycles. The Morgan fingerprint density at radius 2 is 2.04 bits per heavy atom. The molecule has 5 nitrogen and oxygen atoms in total. The summed E-state index contributed by atoms with van der Waals surface area (Å²) in [4.78, 5) is 15.7. The Morgan fingerprint density at radius 3 is 2.64 bits per heavy atom. The topological polar surface area (TPSA) is 59.8 Å². The lowest BCUT2D eigenvalue weighted by molar-refractivity contribution is -0.116. The number of carbonyl (C=O) groups is 1. The molecule has 3 rings (SSSR count). The highest BCUT2D eigenvalue weighted by Crippen LogP contribution is 2.34. The quantitative estimate of drug-likeness (QED) is 0.686. The van der Waals surface area contributed by atoms with Crippen LogP contribution >= 0.6 is 0 Å². The Hall–Kier alpha value is -2.45. The maximum absolute atomic E-state index is 13.4. The SMILES string of the molecule is CC(=O)CCc1cc(NC2CCC(F)(F)CC2)nc(-n2ccc(C(F)F)n2)c1. The molecule has 0 amide bonds. The van der Waals surface area contributed by atoms with E-state index >= 15 is 0 Å². The van der Waals surface area contributed by atoms with Crippen molar-refractivity contribution in [1.29, 1.82) is 0 Å². The summed E-state index contributed by atoms with van der Waals surface area (Å²) in [6, 6.07) is 4.52. The monoisotopic (exact) mass is 398 g/mol. The molecule has 0 atom stereocenters. The highest BCUT2D eigenvalue weighted by atomic mass is 19.3. The lowest BCUT2D eigenvalue weighted by atomic mass is 9.92. The summed E-state index contributed by atoms with van der Waals surface area (Å²) in [5, 5.41) is 7.00. The molecule has 152 valence electrons. The van der Waals surface area contributed by atoms with Gasteiger partial charge in [0, 0.05) is 31.5 Å². The van der Waals surface area contributed by atoms with Crippen molar-refractivity contribution < 1.29 is 22.4 Å². The third-order valence-electron chi connectivity index (χ3n) is 4.77. The molecule has 0 aromatic carbocycles. The van der Waals surface area contributed by atoms with E-state index in [2.05, 4.69) is 15.4 Å². The van der Waals surface area contributed by atoms with Crippen molar-refractivity contribution in [3.63, 3.8) is 0 Å². The fourth-order valence-electron chi connectivity index (χ4n) is 3.20. The van der Waals surface area contributed by atoms with Crippen LogP contribution in [0.25, 0.3) is 5.82 Å². The van der Waals surface area contributed by atoms with Crippen molar-refractivity contribution in [3.05, 3.63) is 35.7 Å². The molecule has 1 N–H and O–H groups in total. The molecule has 0 saturated heterocycles. The molecule has 2 aromatic heterocycles. The number of aryl methyl sites for hydroxylation is 1. The number of hydrogen-bond donors (Lipinski definition) is 1. The Kier molecular flexibility index (Phi) is 6.00. The molecule has 0 radical (unpaired) electrons. The molecule has 0 aliphatic heterocycles. The van der Waals surface area contributed by atoms with E-state index in [1.54, 1.807) is 12.1 Å². The lowest BCUT2D eigenvalue weighted by Crippen LogP contribution is -2.32. The number of rotatable bonds is 7. The summed E-state index contributed by atoms with van der Waals surface area (Å²) < 4.78 is 53.6. The van der Waals surface area contributed by atoms with E-state index in [1.807, 2.05) is 0 Å². The number of anilines is 1. The van der Waals surface area contributed by atoms with Crippen LogP contribution in [0.3, 0.4) is 0 Å².